The molecule has 1 aliphatic carbocycles. The molecule has 9 heteroatoms. The summed E-state index contributed by atoms with van der Waals surface area (Å²) in [4.78, 5) is 19.8. The van der Waals surface area contributed by atoms with Gasteiger partial charge < -0.3 is 19.7 Å². The van der Waals surface area contributed by atoms with Crippen LogP contribution in [-0.4, -0.2) is 48.1 Å². The largest absolute Gasteiger partial charge is 0.496 e. The highest BCUT2D eigenvalue weighted by atomic mass is 19.4. The van der Waals surface area contributed by atoms with Gasteiger partial charge >= 0.3 is 6.18 Å². The molecule has 3 rings (SSSR count). The summed E-state index contributed by atoms with van der Waals surface area (Å²) in [5.41, 5.74) is -0.425. The van der Waals surface area contributed by atoms with E-state index < -0.39 is 11.7 Å². The van der Waals surface area contributed by atoms with E-state index in [-0.39, 0.29) is 24.0 Å². The van der Waals surface area contributed by atoms with Crippen LogP contribution in [-0.2, 0) is 6.18 Å². The number of amides is 1. The number of hydrogen-bond donors (Lipinski definition) is 1. The second kappa shape index (κ2) is 11.0. The average Bonchev–Trinajstić information content (AvgIpc) is 2.78. The number of carbonyl (C=O) groups is 1. The third-order valence-corrected chi connectivity index (χ3v) is 6.33. The molecule has 1 heterocycles. The first-order valence-electron chi connectivity index (χ1n) is 11.5. The zero-order valence-corrected chi connectivity index (χ0v) is 20.0. The van der Waals surface area contributed by atoms with E-state index in [4.69, 9.17) is 9.47 Å². The molecule has 0 aliphatic heterocycles. The Labute approximate surface area is 198 Å². The van der Waals surface area contributed by atoms with Gasteiger partial charge in [0.1, 0.15) is 22.9 Å². The lowest BCUT2D eigenvalue weighted by Gasteiger charge is -2.45. The second-order valence-corrected chi connectivity index (χ2v) is 8.55. The number of nitrogens with zero attached hydrogens (tertiary/aromatic N) is 2. The SMILES string of the molecule is CCCC(C(C)Nc1ccc(C(F)(F)F)cn1)N(C(=O)c1c(OC)cccc1OC)C1CCC1. The van der Waals surface area contributed by atoms with Gasteiger partial charge in [-0.1, -0.05) is 19.4 Å². The molecule has 0 radical (unpaired) electrons. The van der Waals surface area contributed by atoms with Gasteiger partial charge in [-0.25, -0.2) is 4.98 Å². The third-order valence-electron chi connectivity index (χ3n) is 6.33. The molecule has 34 heavy (non-hydrogen) atoms. The predicted molar refractivity (Wildman–Crippen MR) is 124 cm³/mol. The van der Waals surface area contributed by atoms with Crippen LogP contribution >= 0.6 is 0 Å². The molecule has 2 unspecified atom stereocenters. The first kappa shape index (κ1) is 25.6. The van der Waals surface area contributed by atoms with Crippen molar-refractivity contribution in [1.82, 2.24) is 9.88 Å². The molecule has 1 aromatic heterocycles. The Kier molecular flexibility index (Phi) is 8.28. The Morgan fingerprint density at radius 2 is 1.82 bits per heavy atom. The van der Waals surface area contributed by atoms with Crippen molar-refractivity contribution < 1.29 is 27.4 Å². The number of alkyl halides is 3. The highest BCUT2D eigenvalue weighted by molar-refractivity contribution is 6.00. The molecule has 1 saturated carbocycles. The number of aromatic nitrogens is 1. The van der Waals surface area contributed by atoms with Gasteiger partial charge in [0, 0.05) is 18.3 Å². The van der Waals surface area contributed by atoms with Gasteiger partial charge in [-0.05, 0) is 56.9 Å². The van der Waals surface area contributed by atoms with E-state index in [1.54, 1.807) is 18.2 Å². The molecule has 0 bridgehead atoms. The fraction of sp³-hybridized carbons (Fsp3) is 0.520. The molecule has 186 valence electrons. The maximum Gasteiger partial charge on any atom is 0.417 e. The standard InChI is InChI=1S/C25H32F3N3O3/c1-5-8-19(16(2)30-22-14-13-17(15-29-22)25(26,27)28)31(18-9-6-10-18)24(32)23-20(33-3)11-7-12-21(23)34-4/h7,11-16,18-19H,5-6,8-10H2,1-4H3,(H,29,30). The molecule has 1 fully saturated rings. The zero-order chi connectivity index (χ0) is 24.9. The van der Waals surface area contributed by atoms with Crippen LogP contribution in [0.5, 0.6) is 11.5 Å². The van der Waals surface area contributed by atoms with Crippen molar-refractivity contribution in [3.05, 3.63) is 47.7 Å². The van der Waals surface area contributed by atoms with E-state index in [0.29, 0.717) is 29.3 Å². The number of halogens is 3. The van der Waals surface area contributed by atoms with Gasteiger partial charge in [-0.3, -0.25) is 4.79 Å². The quantitative estimate of drug-likeness (QED) is 0.468. The molecule has 1 amide bonds. The smallest absolute Gasteiger partial charge is 0.417 e. The molecule has 1 N–H and O–H groups in total. The monoisotopic (exact) mass is 479 g/mol. The molecule has 2 aromatic rings. The number of methoxy groups -OCH3 is 2. The summed E-state index contributed by atoms with van der Waals surface area (Å²) in [6.07, 6.45) is 0.759. The maximum absolute atomic E-state index is 14.0. The van der Waals surface area contributed by atoms with Crippen molar-refractivity contribution in [2.24, 2.45) is 0 Å². The summed E-state index contributed by atoms with van der Waals surface area (Å²) in [5.74, 6) is 1.03. The number of benzene rings is 1. The van der Waals surface area contributed by atoms with E-state index in [2.05, 4.69) is 10.3 Å². The first-order chi connectivity index (χ1) is 16.2. The van der Waals surface area contributed by atoms with Gasteiger partial charge in [0.25, 0.3) is 5.91 Å². The van der Waals surface area contributed by atoms with Crippen LogP contribution < -0.4 is 14.8 Å². The van der Waals surface area contributed by atoms with E-state index in [1.165, 1.54) is 20.3 Å². The van der Waals surface area contributed by atoms with Crippen molar-refractivity contribution in [3.8, 4) is 11.5 Å². The van der Waals surface area contributed by atoms with Crippen molar-refractivity contribution >= 4 is 11.7 Å². The lowest BCUT2D eigenvalue weighted by atomic mass is 9.87. The number of ether oxygens (including phenoxy) is 2. The van der Waals surface area contributed by atoms with Crippen molar-refractivity contribution in [3.63, 3.8) is 0 Å². The van der Waals surface area contributed by atoms with E-state index in [0.717, 1.165) is 37.9 Å². The van der Waals surface area contributed by atoms with Crippen molar-refractivity contribution in [2.75, 3.05) is 19.5 Å². The number of hydrogen-bond acceptors (Lipinski definition) is 5. The number of nitrogens with one attached hydrogen (secondary N) is 1. The molecule has 6 nitrogen and oxygen atoms in total. The summed E-state index contributed by atoms with van der Waals surface area (Å²) in [6.45, 7) is 3.97. The number of pyridine rings is 1. The van der Waals surface area contributed by atoms with Crippen LogP contribution in [0.3, 0.4) is 0 Å². The fourth-order valence-corrected chi connectivity index (χ4v) is 4.35. The van der Waals surface area contributed by atoms with Gasteiger partial charge in [-0.15, -0.1) is 0 Å². The van der Waals surface area contributed by atoms with Crippen LogP contribution in [0.4, 0.5) is 19.0 Å². The van der Waals surface area contributed by atoms with Gasteiger partial charge in [0.05, 0.1) is 25.8 Å². The Balaban J connectivity index is 1.92. The summed E-state index contributed by atoms with van der Waals surface area (Å²) in [5, 5.41) is 3.22. The van der Waals surface area contributed by atoms with E-state index in [9.17, 15) is 18.0 Å². The van der Waals surface area contributed by atoms with E-state index >= 15 is 0 Å². The highest BCUT2D eigenvalue weighted by Gasteiger charge is 2.39. The van der Waals surface area contributed by atoms with Crippen LogP contribution in [0.25, 0.3) is 0 Å². The minimum atomic E-state index is -4.44. The van der Waals surface area contributed by atoms with Crippen LogP contribution in [0.1, 0.15) is 61.9 Å². The molecule has 0 spiro atoms. The zero-order valence-electron chi connectivity index (χ0n) is 20.0. The number of carbonyl (C=O) groups excluding carboxylic acids is 1. The Morgan fingerprint density at radius 3 is 2.26 bits per heavy atom. The Morgan fingerprint density at radius 1 is 1.18 bits per heavy atom. The molecule has 0 saturated heterocycles. The van der Waals surface area contributed by atoms with E-state index in [1.807, 2.05) is 18.7 Å². The summed E-state index contributed by atoms with van der Waals surface area (Å²) in [7, 11) is 3.03. The van der Waals surface area contributed by atoms with Crippen molar-refractivity contribution in [2.45, 2.75) is 70.3 Å². The third kappa shape index (κ3) is 5.56. The summed E-state index contributed by atoms with van der Waals surface area (Å²) < 4.78 is 49.7. The fourth-order valence-electron chi connectivity index (χ4n) is 4.35. The maximum atomic E-state index is 14.0. The first-order valence-corrected chi connectivity index (χ1v) is 11.5. The van der Waals surface area contributed by atoms with Crippen LogP contribution in [0.15, 0.2) is 36.5 Å². The van der Waals surface area contributed by atoms with Crippen molar-refractivity contribution in [1.29, 1.82) is 0 Å². The Hall–Kier alpha value is -2.97. The van der Waals surface area contributed by atoms with Gasteiger partial charge in [-0.2, -0.15) is 13.2 Å². The normalized spacial score (nSPS) is 15.7. The van der Waals surface area contributed by atoms with Crippen LogP contribution in [0, 0.1) is 0 Å². The minimum absolute atomic E-state index is 0.0727. The summed E-state index contributed by atoms with van der Waals surface area (Å²) >= 11 is 0. The average molecular weight is 480 g/mol. The minimum Gasteiger partial charge on any atom is -0.496 e. The topological polar surface area (TPSA) is 63.7 Å². The van der Waals surface area contributed by atoms with Gasteiger partial charge in [0.2, 0.25) is 0 Å². The number of anilines is 1. The molecule has 1 aromatic carbocycles. The second-order valence-electron chi connectivity index (χ2n) is 8.55. The molecule has 2 atom stereocenters. The van der Waals surface area contributed by atoms with Crippen LogP contribution in [0.2, 0.25) is 0 Å². The predicted octanol–water partition coefficient (Wildman–Crippen LogP) is 5.78. The molecular formula is C25H32F3N3O3. The van der Waals surface area contributed by atoms with Gasteiger partial charge in [0.15, 0.2) is 0 Å². The summed E-state index contributed by atoms with van der Waals surface area (Å²) in [6, 6.07) is 7.17. The molecular weight excluding hydrogens is 447 g/mol. The lowest BCUT2D eigenvalue weighted by molar-refractivity contribution is -0.137. The number of rotatable bonds is 10. The molecule has 1 aliphatic rings. The lowest BCUT2D eigenvalue weighted by Crippen LogP contribution is -2.55. The highest BCUT2D eigenvalue weighted by Crippen LogP contribution is 2.36. The Bertz CT molecular complexity index is 940.